The van der Waals surface area contributed by atoms with E-state index < -0.39 is 12.2 Å². The maximum Gasteiger partial charge on any atom is 0.155 e. The summed E-state index contributed by atoms with van der Waals surface area (Å²) >= 11 is 0. The van der Waals surface area contributed by atoms with Crippen LogP contribution in [0, 0.1) is 6.61 Å². The van der Waals surface area contributed by atoms with E-state index in [9.17, 15) is 4.53 Å². The molecule has 0 saturated carbocycles. The molecule has 0 aromatic heterocycles. The van der Waals surface area contributed by atoms with Gasteiger partial charge in [-0.2, -0.15) is 4.94 Å². The van der Waals surface area contributed by atoms with Gasteiger partial charge in [0.15, 0.2) is 6.10 Å². The van der Waals surface area contributed by atoms with Crippen molar-refractivity contribution in [3.8, 4) is 0 Å². The minimum atomic E-state index is -0.894. The van der Waals surface area contributed by atoms with Crippen LogP contribution >= 0.6 is 0 Å². The maximum absolute atomic E-state index is 11.2. The van der Waals surface area contributed by atoms with Crippen LogP contribution in [0.5, 0.6) is 0 Å². The highest BCUT2D eigenvalue weighted by atomic mass is 19.3. The lowest BCUT2D eigenvalue weighted by atomic mass is 10.3. The largest absolute Gasteiger partial charge is 0.388 e. The summed E-state index contributed by atoms with van der Waals surface area (Å²) in [6.45, 7) is 1.25. The summed E-state index contributed by atoms with van der Waals surface area (Å²) in [5, 5.41) is 8.67. The van der Waals surface area contributed by atoms with E-state index in [-0.39, 0.29) is 6.61 Å². The van der Waals surface area contributed by atoms with Crippen molar-refractivity contribution in [3.63, 3.8) is 0 Å². The van der Waals surface area contributed by atoms with Crippen molar-refractivity contribution in [2.75, 3.05) is 6.61 Å². The third-order valence-electron chi connectivity index (χ3n) is 0.979. The molecule has 1 N–H and O–H groups in total. The highest BCUT2D eigenvalue weighted by Gasteiger charge is 2.28. The maximum atomic E-state index is 11.2. The highest BCUT2D eigenvalue weighted by Crippen LogP contribution is 2.12. The Morgan fingerprint density at radius 3 is 2.88 bits per heavy atom. The van der Waals surface area contributed by atoms with Gasteiger partial charge in [-0.25, -0.2) is 0 Å². The van der Waals surface area contributed by atoms with E-state index in [2.05, 4.69) is 9.68 Å². The Bertz CT molecular complexity index is 77.7. The topological polar surface area (TPSA) is 38.7 Å². The van der Waals surface area contributed by atoms with Gasteiger partial charge in [-0.05, 0) is 4.53 Å². The van der Waals surface area contributed by atoms with Crippen molar-refractivity contribution in [3.05, 3.63) is 6.61 Å². The number of aliphatic hydroxyl groups is 1. The molecular formula is C4H6FO3. The van der Waals surface area contributed by atoms with Gasteiger partial charge in [-0.15, -0.1) is 0 Å². The van der Waals surface area contributed by atoms with Crippen LogP contribution in [-0.2, 0) is 9.68 Å². The third-order valence-corrected chi connectivity index (χ3v) is 0.979. The molecule has 1 radical (unpaired) electrons. The Morgan fingerprint density at radius 2 is 2.62 bits per heavy atom. The Hall–Kier alpha value is -0.190. The van der Waals surface area contributed by atoms with Gasteiger partial charge in [0.05, 0.1) is 6.61 Å². The first-order valence-corrected chi connectivity index (χ1v) is 2.25. The van der Waals surface area contributed by atoms with Gasteiger partial charge in [0, 0.05) is 0 Å². The molecule has 0 aliphatic carbocycles. The number of ether oxygens (including phenoxy) is 1. The Morgan fingerprint density at radius 1 is 1.88 bits per heavy atom. The smallest absolute Gasteiger partial charge is 0.155 e. The molecule has 0 aromatic carbocycles. The molecule has 3 nitrogen and oxygen atoms in total. The average Bonchev–Trinajstić information content (AvgIpc) is 2.14. The molecule has 1 fully saturated rings. The number of hydrogen-bond donors (Lipinski definition) is 1. The molecule has 1 rings (SSSR count). The van der Waals surface area contributed by atoms with E-state index in [1.54, 1.807) is 0 Å². The summed E-state index contributed by atoms with van der Waals surface area (Å²) in [5.74, 6) is 0. The molecule has 4 heteroatoms. The van der Waals surface area contributed by atoms with Crippen LogP contribution in [0.4, 0.5) is 4.53 Å². The SMILES string of the molecule is O[C@@H]1CO[CH][C@@H]1OF. The van der Waals surface area contributed by atoms with Crippen molar-refractivity contribution in [1.82, 2.24) is 0 Å². The molecule has 8 heavy (non-hydrogen) atoms. The van der Waals surface area contributed by atoms with Crippen LogP contribution < -0.4 is 0 Å². The second-order valence-electron chi connectivity index (χ2n) is 1.59. The van der Waals surface area contributed by atoms with Gasteiger partial charge < -0.3 is 9.84 Å². The normalized spacial score (nSPS) is 38.2. The molecule has 1 heterocycles. The van der Waals surface area contributed by atoms with E-state index >= 15 is 0 Å². The van der Waals surface area contributed by atoms with Gasteiger partial charge in [0.25, 0.3) is 0 Å². The highest BCUT2D eigenvalue weighted by molar-refractivity contribution is 4.81. The molecular weight excluding hydrogens is 115 g/mol. The quantitative estimate of drug-likeness (QED) is 0.522. The predicted molar refractivity (Wildman–Crippen MR) is 22.2 cm³/mol. The lowest BCUT2D eigenvalue weighted by Gasteiger charge is -2.02. The van der Waals surface area contributed by atoms with Crippen LogP contribution in [0.25, 0.3) is 0 Å². The molecule has 2 atom stereocenters. The minimum Gasteiger partial charge on any atom is -0.388 e. The van der Waals surface area contributed by atoms with Crippen LogP contribution in [0.3, 0.4) is 0 Å². The average molecular weight is 121 g/mol. The molecule has 0 bridgehead atoms. The van der Waals surface area contributed by atoms with E-state index in [0.717, 1.165) is 6.61 Å². The van der Waals surface area contributed by atoms with Crippen molar-refractivity contribution in [2.24, 2.45) is 0 Å². The second kappa shape index (κ2) is 2.39. The first kappa shape index (κ1) is 5.94. The van der Waals surface area contributed by atoms with Crippen molar-refractivity contribution >= 4 is 0 Å². The van der Waals surface area contributed by atoms with E-state index in [4.69, 9.17) is 5.11 Å². The lowest BCUT2D eigenvalue weighted by Crippen LogP contribution is -2.21. The standard InChI is InChI=1S/C4H6FO3/c5-8-4-2-7-1-3(4)6/h2-4,6H,1H2/t3-,4+/m1/s1. The van der Waals surface area contributed by atoms with Gasteiger partial charge in [0.2, 0.25) is 0 Å². The van der Waals surface area contributed by atoms with Gasteiger partial charge in [-0.3, -0.25) is 0 Å². The van der Waals surface area contributed by atoms with Crippen molar-refractivity contribution in [2.45, 2.75) is 12.2 Å². The summed E-state index contributed by atoms with van der Waals surface area (Å²) in [7, 11) is 0. The van der Waals surface area contributed by atoms with Crippen LogP contribution in [0.1, 0.15) is 0 Å². The Kier molecular flexibility index (Phi) is 1.77. The Balaban J connectivity index is 2.30. The molecule has 1 saturated heterocycles. The Labute approximate surface area is 45.9 Å². The summed E-state index contributed by atoms with van der Waals surface area (Å²) in [5.41, 5.74) is 0. The minimum absolute atomic E-state index is 0.120. The molecule has 47 valence electrons. The van der Waals surface area contributed by atoms with Gasteiger partial charge in [-0.1, -0.05) is 0 Å². The van der Waals surface area contributed by atoms with Crippen LogP contribution in [0.2, 0.25) is 0 Å². The van der Waals surface area contributed by atoms with Crippen LogP contribution in [-0.4, -0.2) is 23.9 Å². The fourth-order valence-electron chi connectivity index (χ4n) is 0.515. The first-order valence-electron chi connectivity index (χ1n) is 2.25. The third kappa shape index (κ3) is 0.964. The summed E-state index contributed by atoms with van der Waals surface area (Å²) in [4.78, 5) is 3.29. The fourth-order valence-corrected chi connectivity index (χ4v) is 0.515. The zero-order valence-corrected chi connectivity index (χ0v) is 4.08. The number of aliphatic hydroxyl groups excluding tert-OH is 1. The van der Waals surface area contributed by atoms with E-state index in [1.807, 2.05) is 0 Å². The van der Waals surface area contributed by atoms with Crippen molar-refractivity contribution in [1.29, 1.82) is 0 Å². The number of halogens is 1. The molecule has 0 amide bonds. The molecule has 1 aliphatic heterocycles. The van der Waals surface area contributed by atoms with Gasteiger partial charge >= 0.3 is 0 Å². The lowest BCUT2D eigenvalue weighted by molar-refractivity contribution is -0.188. The molecule has 1 aliphatic rings. The number of hydrogen-bond acceptors (Lipinski definition) is 3. The second-order valence-corrected chi connectivity index (χ2v) is 1.59. The molecule has 0 spiro atoms. The molecule has 0 aromatic rings. The van der Waals surface area contributed by atoms with E-state index in [0.29, 0.717) is 0 Å². The monoisotopic (exact) mass is 121 g/mol. The summed E-state index contributed by atoms with van der Waals surface area (Å²) in [6.07, 6.45) is -1.74. The van der Waals surface area contributed by atoms with Gasteiger partial charge in [0.1, 0.15) is 12.7 Å². The zero-order valence-electron chi connectivity index (χ0n) is 4.08. The van der Waals surface area contributed by atoms with Crippen LogP contribution in [0.15, 0.2) is 0 Å². The first-order chi connectivity index (χ1) is 3.84. The molecule has 0 unspecified atom stereocenters. The van der Waals surface area contributed by atoms with Crippen molar-refractivity contribution < 1.29 is 19.3 Å². The summed E-state index contributed by atoms with van der Waals surface area (Å²) in [6, 6.07) is 0. The zero-order chi connectivity index (χ0) is 5.98. The predicted octanol–water partition coefficient (Wildman–Crippen LogP) is -0.191. The van der Waals surface area contributed by atoms with E-state index in [1.165, 1.54) is 0 Å². The summed E-state index contributed by atoms with van der Waals surface area (Å²) < 4.78 is 15.7. The fraction of sp³-hybridized carbons (Fsp3) is 0.750. The number of rotatable bonds is 1.